The summed E-state index contributed by atoms with van der Waals surface area (Å²) in [5.74, 6) is 2.24. The van der Waals surface area contributed by atoms with E-state index in [0.29, 0.717) is 10.8 Å². The van der Waals surface area contributed by atoms with Gasteiger partial charge in [-0.05, 0) is 50.3 Å². The van der Waals surface area contributed by atoms with Gasteiger partial charge < -0.3 is 9.84 Å². The van der Waals surface area contributed by atoms with Crippen LogP contribution in [0.15, 0.2) is 12.1 Å². The minimum Gasteiger partial charge on any atom is -0.504 e. The molecule has 1 aliphatic heterocycles. The van der Waals surface area contributed by atoms with Crippen molar-refractivity contribution in [3.63, 3.8) is 0 Å². The molecule has 4 heteroatoms. The van der Waals surface area contributed by atoms with Gasteiger partial charge in [0, 0.05) is 23.2 Å². The van der Waals surface area contributed by atoms with Gasteiger partial charge in [-0.15, -0.1) is 0 Å². The van der Waals surface area contributed by atoms with Crippen molar-refractivity contribution in [2.24, 2.45) is 11.8 Å². The van der Waals surface area contributed by atoms with Crippen LogP contribution in [0.5, 0.6) is 11.5 Å². The highest BCUT2D eigenvalue weighted by atomic mass is 35.5. The lowest BCUT2D eigenvalue weighted by atomic mass is 9.89. The molecule has 1 aromatic carbocycles. The number of halogens is 1. The van der Waals surface area contributed by atoms with E-state index in [-0.39, 0.29) is 5.75 Å². The number of benzene rings is 1. The van der Waals surface area contributed by atoms with Crippen molar-refractivity contribution in [3.8, 4) is 11.5 Å². The largest absolute Gasteiger partial charge is 0.504 e. The van der Waals surface area contributed by atoms with Crippen LogP contribution in [-0.4, -0.2) is 30.2 Å². The number of aromatic hydroxyl groups is 1. The van der Waals surface area contributed by atoms with Gasteiger partial charge in [0.05, 0.1) is 7.11 Å². The van der Waals surface area contributed by atoms with Gasteiger partial charge in [-0.25, -0.2) is 0 Å². The molecule has 3 nitrogen and oxygen atoms in total. The third-order valence-electron chi connectivity index (χ3n) is 4.54. The monoisotopic (exact) mass is 311 g/mol. The summed E-state index contributed by atoms with van der Waals surface area (Å²) in [5, 5.41) is 10.9. The second kappa shape index (κ2) is 7.37. The minimum atomic E-state index is 0.214. The lowest BCUT2D eigenvalue weighted by molar-refractivity contribution is 0.260. The van der Waals surface area contributed by atoms with Gasteiger partial charge in [0.15, 0.2) is 11.5 Å². The van der Waals surface area contributed by atoms with Gasteiger partial charge in [-0.2, -0.15) is 0 Å². The molecule has 1 fully saturated rings. The molecule has 0 aromatic heterocycles. The maximum Gasteiger partial charge on any atom is 0.162 e. The Bertz CT molecular complexity index is 476. The zero-order valence-electron chi connectivity index (χ0n) is 13.2. The predicted molar refractivity (Wildman–Crippen MR) is 87.1 cm³/mol. The Labute approximate surface area is 132 Å². The highest BCUT2D eigenvalue weighted by Crippen LogP contribution is 2.35. The molecular formula is C17H26ClNO2. The minimum absolute atomic E-state index is 0.214. The average molecular weight is 312 g/mol. The van der Waals surface area contributed by atoms with E-state index in [1.165, 1.54) is 19.3 Å². The number of phenolic OH excluding ortho intramolecular Hbond substituents is 1. The summed E-state index contributed by atoms with van der Waals surface area (Å²) in [6.45, 7) is 7.52. The number of ether oxygens (including phenoxy) is 1. The van der Waals surface area contributed by atoms with E-state index in [0.717, 1.165) is 37.0 Å². The summed E-state index contributed by atoms with van der Waals surface area (Å²) in [4.78, 5) is 2.41. The van der Waals surface area contributed by atoms with E-state index in [9.17, 15) is 5.11 Å². The van der Waals surface area contributed by atoms with Crippen molar-refractivity contribution < 1.29 is 9.84 Å². The number of hydrogen-bond acceptors (Lipinski definition) is 3. The van der Waals surface area contributed by atoms with Crippen LogP contribution in [-0.2, 0) is 6.54 Å². The van der Waals surface area contributed by atoms with Crippen LogP contribution in [0.1, 0.15) is 38.7 Å². The van der Waals surface area contributed by atoms with E-state index >= 15 is 0 Å². The molecule has 21 heavy (non-hydrogen) atoms. The van der Waals surface area contributed by atoms with E-state index < -0.39 is 0 Å². The first-order valence-corrected chi connectivity index (χ1v) is 8.16. The highest BCUT2D eigenvalue weighted by molar-refractivity contribution is 6.30. The summed E-state index contributed by atoms with van der Waals surface area (Å²) in [5.41, 5.74) is 0.849. The number of nitrogens with zero attached hydrogens (tertiary/aromatic N) is 1. The Kier molecular flexibility index (Phi) is 5.77. The van der Waals surface area contributed by atoms with Gasteiger partial charge in [-0.1, -0.05) is 25.4 Å². The maximum atomic E-state index is 10.2. The Morgan fingerprint density at radius 3 is 2.76 bits per heavy atom. The summed E-state index contributed by atoms with van der Waals surface area (Å²) in [6.07, 6.45) is 3.76. The van der Waals surface area contributed by atoms with Gasteiger partial charge >= 0.3 is 0 Å². The van der Waals surface area contributed by atoms with Crippen molar-refractivity contribution in [1.82, 2.24) is 4.90 Å². The van der Waals surface area contributed by atoms with Crippen LogP contribution in [0.3, 0.4) is 0 Å². The first-order chi connectivity index (χ1) is 10.0. The van der Waals surface area contributed by atoms with Crippen LogP contribution in [0.25, 0.3) is 0 Å². The molecule has 0 bridgehead atoms. The summed E-state index contributed by atoms with van der Waals surface area (Å²) >= 11 is 6.11. The molecule has 1 aromatic rings. The molecular weight excluding hydrogens is 286 g/mol. The zero-order valence-corrected chi connectivity index (χ0v) is 14.0. The quantitative estimate of drug-likeness (QED) is 0.899. The van der Waals surface area contributed by atoms with Gasteiger partial charge in [0.25, 0.3) is 0 Å². The predicted octanol–water partition coefficient (Wildman–Crippen LogP) is 4.31. The number of rotatable bonds is 4. The molecule has 1 saturated heterocycles. The van der Waals surface area contributed by atoms with E-state index in [1.807, 2.05) is 6.07 Å². The number of likely N-dealkylation sites (tertiary alicyclic amines) is 1. The second-order valence-electron chi connectivity index (χ2n) is 6.33. The summed E-state index contributed by atoms with van der Waals surface area (Å²) in [6, 6.07) is 3.49. The fourth-order valence-corrected chi connectivity index (χ4v) is 3.38. The van der Waals surface area contributed by atoms with Gasteiger partial charge in [0.1, 0.15) is 0 Å². The van der Waals surface area contributed by atoms with Crippen LogP contribution < -0.4 is 4.74 Å². The Morgan fingerprint density at radius 2 is 2.10 bits per heavy atom. The molecule has 0 saturated carbocycles. The standard InChI is InChI=1S/C17H26ClNO2/c1-12(2)13-5-4-7-19(8-6-13)11-14-9-15(18)10-16(21-3)17(14)20/h9-10,12-13,20H,4-8,11H2,1-3H3. The third-order valence-corrected chi connectivity index (χ3v) is 4.76. The molecule has 0 spiro atoms. The van der Waals surface area contributed by atoms with Crippen molar-refractivity contribution in [2.75, 3.05) is 20.2 Å². The lowest BCUT2D eigenvalue weighted by Gasteiger charge is -2.22. The molecule has 118 valence electrons. The van der Waals surface area contributed by atoms with Crippen molar-refractivity contribution in [1.29, 1.82) is 0 Å². The first-order valence-electron chi connectivity index (χ1n) is 7.79. The second-order valence-corrected chi connectivity index (χ2v) is 6.76. The molecule has 1 aliphatic rings. The molecule has 0 amide bonds. The fourth-order valence-electron chi connectivity index (χ4n) is 3.15. The molecule has 0 radical (unpaired) electrons. The normalized spacial score (nSPS) is 20.5. The topological polar surface area (TPSA) is 32.7 Å². The molecule has 1 heterocycles. The highest BCUT2D eigenvalue weighted by Gasteiger charge is 2.21. The summed E-state index contributed by atoms with van der Waals surface area (Å²) < 4.78 is 5.18. The molecule has 2 rings (SSSR count). The van der Waals surface area contributed by atoms with Crippen molar-refractivity contribution in [3.05, 3.63) is 22.7 Å². The third kappa shape index (κ3) is 4.27. The molecule has 0 aliphatic carbocycles. The van der Waals surface area contributed by atoms with E-state index in [4.69, 9.17) is 16.3 Å². The lowest BCUT2D eigenvalue weighted by Crippen LogP contribution is -2.24. The van der Waals surface area contributed by atoms with E-state index in [2.05, 4.69) is 18.7 Å². The molecule has 1 atom stereocenters. The van der Waals surface area contributed by atoms with Crippen molar-refractivity contribution in [2.45, 2.75) is 39.7 Å². The van der Waals surface area contributed by atoms with Crippen molar-refractivity contribution >= 4 is 11.6 Å². The summed E-state index contributed by atoms with van der Waals surface area (Å²) in [7, 11) is 1.55. The fraction of sp³-hybridized carbons (Fsp3) is 0.647. The van der Waals surface area contributed by atoms with Gasteiger partial charge in [0.2, 0.25) is 0 Å². The van der Waals surface area contributed by atoms with Crippen LogP contribution >= 0.6 is 11.6 Å². The Balaban J connectivity index is 2.06. The molecule has 1 unspecified atom stereocenters. The van der Waals surface area contributed by atoms with Crippen LogP contribution in [0, 0.1) is 11.8 Å². The number of methoxy groups -OCH3 is 1. The Morgan fingerprint density at radius 1 is 1.33 bits per heavy atom. The van der Waals surface area contributed by atoms with Gasteiger partial charge in [-0.3, -0.25) is 4.90 Å². The van der Waals surface area contributed by atoms with Crippen LogP contribution in [0.2, 0.25) is 5.02 Å². The van der Waals surface area contributed by atoms with Crippen LogP contribution in [0.4, 0.5) is 0 Å². The number of hydrogen-bond donors (Lipinski definition) is 1. The Hall–Kier alpha value is -0.930. The zero-order chi connectivity index (χ0) is 15.4. The molecule has 1 N–H and O–H groups in total. The SMILES string of the molecule is COc1cc(Cl)cc(CN2CCCC(C(C)C)CC2)c1O. The average Bonchev–Trinajstić information content (AvgIpc) is 2.68. The smallest absolute Gasteiger partial charge is 0.162 e. The van der Waals surface area contributed by atoms with E-state index in [1.54, 1.807) is 13.2 Å². The maximum absolute atomic E-state index is 10.2. The number of phenols is 1. The first kappa shape index (κ1) is 16.4.